The third kappa shape index (κ3) is 3.87. The summed E-state index contributed by atoms with van der Waals surface area (Å²) in [7, 11) is 1.78. The maximum absolute atomic E-state index is 12.3. The van der Waals surface area contributed by atoms with Crippen LogP contribution in [-0.4, -0.2) is 22.8 Å². The molecule has 0 aliphatic heterocycles. The standard InChI is InChI=1S/C18H18N2O2S/c1-13-8-9-16(22-13)11-20(2)17(21)10-15-12-23-18(19-15)14-6-4-3-5-7-14/h3-9,12H,10-11H2,1-2H3. The predicted octanol–water partition coefficient (Wildman–Crippen LogP) is 3.91. The minimum absolute atomic E-state index is 0.0314. The van der Waals surface area contributed by atoms with Gasteiger partial charge in [-0.05, 0) is 19.1 Å². The highest BCUT2D eigenvalue weighted by Gasteiger charge is 2.14. The van der Waals surface area contributed by atoms with E-state index in [1.807, 2.05) is 54.8 Å². The minimum atomic E-state index is 0.0314. The summed E-state index contributed by atoms with van der Waals surface area (Å²) in [5, 5.41) is 2.89. The fourth-order valence-corrected chi connectivity index (χ4v) is 3.11. The number of benzene rings is 1. The first kappa shape index (κ1) is 15.5. The third-order valence-corrected chi connectivity index (χ3v) is 4.46. The van der Waals surface area contributed by atoms with Crippen molar-refractivity contribution in [1.82, 2.24) is 9.88 Å². The lowest BCUT2D eigenvalue weighted by atomic mass is 10.2. The molecule has 0 radical (unpaired) electrons. The van der Waals surface area contributed by atoms with Gasteiger partial charge in [0, 0.05) is 18.0 Å². The Hall–Kier alpha value is -2.40. The van der Waals surface area contributed by atoms with E-state index in [0.717, 1.165) is 27.8 Å². The molecule has 0 saturated heterocycles. The quantitative estimate of drug-likeness (QED) is 0.714. The maximum atomic E-state index is 12.3. The van der Waals surface area contributed by atoms with Gasteiger partial charge in [-0.1, -0.05) is 30.3 Å². The summed E-state index contributed by atoms with van der Waals surface area (Å²) in [5.74, 6) is 1.68. The summed E-state index contributed by atoms with van der Waals surface area (Å²) in [4.78, 5) is 18.5. The molecule has 1 aromatic carbocycles. The molecule has 0 aliphatic rings. The van der Waals surface area contributed by atoms with Crippen LogP contribution in [0.15, 0.2) is 52.3 Å². The molecule has 0 saturated carbocycles. The van der Waals surface area contributed by atoms with Crippen LogP contribution in [-0.2, 0) is 17.8 Å². The fraction of sp³-hybridized carbons (Fsp3) is 0.222. The van der Waals surface area contributed by atoms with E-state index in [4.69, 9.17) is 4.42 Å². The van der Waals surface area contributed by atoms with Crippen molar-refractivity contribution in [3.8, 4) is 10.6 Å². The zero-order valence-corrected chi connectivity index (χ0v) is 14.0. The number of aromatic nitrogens is 1. The average molecular weight is 326 g/mol. The summed E-state index contributed by atoms with van der Waals surface area (Å²) in [6.07, 6.45) is 0.305. The highest BCUT2D eigenvalue weighted by atomic mass is 32.1. The van der Waals surface area contributed by atoms with Crippen molar-refractivity contribution in [3.63, 3.8) is 0 Å². The van der Waals surface area contributed by atoms with Gasteiger partial charge in [0.05, 0.1) is 18.7 Å². The van der Waals surface area contributed by atoms with E-state index in [2.05, 4.69) is 4.98 Å². The van der Waals surface area contributed by atoms with Gasteiger partial charge in [0.15, 0.2) is 0 Å². The van der Waals surface area contributed by atoms with E-state index in [1.165, 1.54) is 0 Å². The lowest BCUT2D eigenvalue weighted by Gasteiger charge is -2.14. The van der Waals surface area contributed by atoms with Gasteiger partial charge in [0.2, 0.25) is 5.91 Å². The molecule has 0 unspecified atom stereocenters. The van der Waals surface area contributed by atoms with Crippen LogP contribution in [0, 0.1) is 6.92 Å². The normalized spacial score (nSPS) is 10.7. The Kier molecular flexibility index (Phi) is 4.57. The van der Waals surface area contributed by atoms with E-state index in [-0.39, 0.29) is 5.91 Å². The summed E-state index contributed by atoms with van der Waals surface area (Å²) < 4.78 is 5.51. The first-order valence-electron chi connectivity index (χ1n) is 7.41. The minimum Gasteiger partial charge on any atom is -0.464 e. The first-order chi connectivity index (χ1) is 11.1. The molecule has 0 N–H and O–H groups in total. The van der Waals surface area contributed by atoms with E-state index in [0.29, 0.717) is 13.0 Å². The van der Waals surface area contributed by atoms with Gasteiger partial charge < -0.3 is 9.32 Å². The van der Waals surface area contributed by atoms with Crippen LogP contribution in [0.4, 0.5) is 0 Å². The number of rotatable bonds is 5. The Morgan fingerprint density at radius 2 is 2.00 bits per heavy atom. The molecule has 118 valence electrons. The zero-order chi connectivity index (χ0) is 16.2. The molecule has 2 heterocycles. The Balaban J connectivity index is 1.63. The monoisotopic (exact) mass is 326 g/mol. The van der Waals surface area contributed by atoms with E-state index < -0.39 is 0 Å². The molecular formula is C18H18N2O2S. The molecule has 23 heavy (non-hydrogen) atoms. The van der Waals surface area contributed by atoms with Crippen LogP contribution in [0.2, 0.25) is 0 Å². The van der Waals surface area contributed by atoms with Crippen LogP contribution in [0.1, 0.15) is 17.2 Å². The Morgan fingerprint density at radius 3 is 2.70 bits per heavy atom. The summed E-state index contributed by atoms with van der Waals surface area (Å²) in [5.41, 5.74) is 1.89. The Labute approximate surface area is 139 Å². The van der Waals surface area contributed by atoms with Gasteiger partial charge >= 0.3 is 0 Å². The molecule has 4 nitrogen and oxygen atoms in total. The van der Waals surface area contributed by atoms with Crippen molar-refractivity contribution >= 4 is 17.2 Å². The van der Waals surface area contributed by atoms with Crippen LogP contribution in [0.5, 0.6) is 0 Å². The molecule has 0 aliphatic carbocycles. The average Bonchev–Trinajstić information content (AvgIpc) is 3.17. The number of carbonyl (C=O) groups is 1. The van der Waals surface area contributed by atoms with Crippen LogP contribution in [0.25, 0.3) is 10.6 Å². The van der Waals surface area contributed by atoms with Crippen molar-refractivity contribution in [2.24, 2.45) is 0 Å². The molecule has 0 spiro atoms. The lowest BCUT2D eigenvalue weighted by molar-refractivity contribution is -0.129. The van der Waals surface area contributed by atoms with Crippen molar-refractivity contribution in [2.75, 3.05) is 7.05 Å². The van der Waals surface area contributed by atoms with Gasteiger partial charge in [-0.25, -0.2) is 4.98 Å². The molecule has 0 fully saturated rings. The molecular weight excluding hydrogens is 308 g/mol. The van der Waals surface area contributed by atoms with E-state index in [9.17, 15) is 4.79 Å². The number of amides is 1. The topological polar surface area (TPSA) is 46.3 Å². The van der Waals surface area contributed by atoms with Crippen LogP contribution < -0.4 is 0 Å². The number of likely N-dealkylation sites (N-methyl/N-ethyl adjacent to an activating group) is 1. The van der Waals surface area contributed by atoms with Crippen LogP contribution >= 0.6 is 11.3 Å². The maximum Gasteiger partial charge on any atom is 0.228 e. The molecule has 0 bridgehead atoms. The van der Waals surface area contributed by atoms with Crippen LogP contribution in [0.3, 0.4) is 0 Å². The molecule has 5 heteroatoms. The Bertz CT molecular complexity index is 792. The number of thiazole rings is 1. The Morgan fingerprint density at radius 1 is 1.22 bits per heavy atom. The number of hydrogen-bond donors (Lipinski definition) is 0. The highest BCUT2D eigenvalue weighted by molar-refractivity contribution is 7.13. The summed E-state index contributed by atoms with van der Waals surface area (Å²) in [6, 6.07) is 13.8. The fourth-order valence-electron chi connectivity index (χ4n) is 2.28. The predicted molar refractivity (Wildman–Crippen MR) is 91.2 cm³/mol. The van der Waals surface area contributed by atoms with Crippen molar-refractivity contribution in [2.45, 2.75) is 19.9 Å². The second kappa shape index (κ2) is 6.79. The number of aryl methyl sites for hydroxylation is 1. The first-order valence-corrected chi connectivity index (χ1v) is 8.29. The summed E-state index contributed by atoms with van der Waals surface area (Å²) in [6.45, 7) is 2.37. The van der Waals surface area contributed by atoms with Gasteiger partial charge in [-0.3, -0.25) is 4.79 Å². The number of hydrogen-bond acceptors (Lipinski definition) is 4. The van der Waals surface area contributed by atoms with Gasteiger partial charge in [-0.2, -0.15) is 0 Å². The highest BCUT2D eigenvalue weighted by Crippen LogP contribution is 2.23. The van der Waals surface area contributed by atoms with Gasteiger partial charge in [0.25, 0.3) is 0 Å². The lowest BCUT2D eigenvalue weighted by Crippen LogP contribution is -2.27. The summed E-state index contributed by atoms with van der Waals surface area (Å²) >= 11 is 1.56. The molecule has 3 rings (SSSR count). The number of carbonyl (C=O) groups excluding carboxylic acids is 1. The molecule has 0 atom stereocenters. The van der Waals surface area contributed by atoms with Gasteiger partial charge in [0.1, 0.15) is 16.5 Å². The molecule has 2 aromatic heterocycles. The van der Waals surface area contributed by atoms with E-state index in [1.54, 1.807) is 23.3 Å². The van der Waals surface area contributed by atoms with E-state index >= 15 is 0 Å². The second-order valence-electron chi connectivity index (χ2n) is 5.45. The number of nitrogens with zero attached hydrogens (tertiary/aromatic N) is 2. The van der Waals surface area contributed by atoms with Gasteiger partial charge in [-0.15, -0.1) is 11.3 Å². The molecule has 3 aromatic rings. The largest absolute Gasteiger partial charge is 0.464 e. The third-order valence-electron chi connectivity index (χ3n) is 3.52. The SMILES string of the molecule is Cc1ccc(CN(C)C(=O)Cc2csc(-c3ccccc3)n2)o1. The van der Waals surface area contributed by atoms with Crippen molar-refractivity contribution < 1.29 is 9.21 Å². The number of furan rings is 1. The smallest absolute Gasteiger partial charge is 0.228 e. The zero-order valence-electron chi connectivity index (χ0n) is 13.2. The van der Waals surface area contributed by atoms with Crippen molar-refractivity contribution in [1.29, 1.82) is 0 Å². The molecule has 1 amide bonds. The second-order valence-corrected chi connectivity index (χ2v) is 6.31. The van der Waals surface area contributed by atoms with Crippen molar-refractivity contribution in [3.05, 3.63) is 65.1 Å².